The van der Waals surface area contributed by atoms with Crippen LogP contribution in [0.25, 0.3) is 31.9 Å². The number of aliphatic carboxylic acids is 1. The molecular weight excluding hydrogens is 522 g/mol. The van der Waals surface area contributed by atoms with E-state index in [9.17, 15) is 9.90 Å². The van der Waals surface area contributed by atoms with Crippen molar-refractivity contribution in [3.8, 4) is 21.7 Å². The number of morpholine rings is 1. The van der Waals surface area contributed by atoms with E-state index in [0.717, 1.165) is 56.4 Å². The molecule has 7 nitrogen and oxygen atoms in total. The van der Waals surface area contributed by atoms with Gasteiger partial charge in [-0.3, -0.25) is 0 Å². The molecular formula is C29H30ClN3O4S. The number of anilines is 1. The molecule has 0 saturated carbocycles. The van der Waals surface area contributed by atoms with Crippen molar-refractivity contribution in [2.24, 2.45) is 0 Å². The first kappa shape index (κ1) is 26.6. The number of carboxylic acid groups (broad SMARTS) is 1. The Morgan fingerprint density at radius 3 is 2.50 bits per heavy atom. The van der Waals surface area contributed by atoms with Gasteiger partial charge in [0.2, 0.25) is 0 Å². The predicted octanol–water partition coefficient (Wildman–Crippen LogP) is 6.76. The predicted molar refractivity (Wildman–Crippen MR) is 152 cm³/mol. The summed E-state index contributed by atoms with van der Waals surface area (Å²) in [6, 6.07) is 13.4. The number of hydrogen-bond acceptors (Lipinski definition) is 7. The summed E-state index contributed by atoms with van der Waals surface area (Å²) in [5.41, 5.74) is 4.21. The van der Waals surface area contributed by atoms with Crippen LogP contribution in [0.15, 0.2) is 48.7 Å². The van der Waals surface area contributed by atoms with E-state index in [0.29, 0.717) is 23.8 Å². The number of fused-ring (bicyclic) bond motifs is 1. The molecule has 38 heavy (non-hydrogen) atoms. The second kappa shape index (κ2) is 10.6. The van der Waals surface area contributed by atoms with Crippen molar-refractivity contribution < 1.29 is 19.4 Å². The van der Waals surface area contributed by atoms with E-state index < -0.39 is 17.7 Å². The number of pyridine rings is 1. The van der Waals surface area contributed by atoms with Crippen LogP contribution in [-0.4, -0.2) is 52.9 Å². The molecule has 2 aromatic heterocycles. The van der Waals surface area contributed by atoms with Gasteiger partial charge in [-0.15, -0.1) is 11.3 Å². The fraction of sp³-hybridized carbons (Fsp3) is 0.345. The summed E-state index contributed by atoms with van der Waals surface area (Å²) >= 11 is 7.74. The quantitative estimate of drug-likeness (QED) is 0.283. The zero-order valence-corrected chi connectivity index (χ0v) is 23.4. The normalized spacial score (nSPS) is 15.1. The number of ether oxygens (including phenoxy) is 2. The van der Waals surface area contributed by atoms with Gasteiger partial charge in [0.25, 0.3) is 0 Å². The van der Waals surface area contributed by atoms with Gasteiger partial charge in [0.05, 0.1) is 29.0 Å². The Bertz CT molecular complexity index is 1470. The Morgan fingerprint density at radius 1 is 1.13 bits per heavy atom. The SMILES string of the molecule is Cc1cc2nc(-c3ccnc(N4CCOCC4)c3)sc2c(-c2ccc(Cl)cc2)c1C(OC(C)(C)C)C(=O)O. The number of aromatic nitrogens is 2. The first-order valence-corrected chi connectivity index (χ1v) is 13.7. The Morgan fingerprint density at radius 2 is 1.84 bits per heavy atom. The number of rotatable bonds is 6. The molecule has 198 valence electrons. The first-order chi connectivity index (χ1) is 18.1. The highest BCUT2D eigenvalue weighted by molar-refractivity contribution is 7.22. The van der Waals surface area contributed by atoms with Gasteiger partial charge in [-0.05, 0) is 69.2 Å². The summed E-state index contributed by atoms with van der Waals surface area (Å²) in [7, 11) is 0. The van der Waals surface area contributed by atoms with Crippen LogP contribution in [0.1, 0.15) is 38.0 Å². The number of carboxylic acids is 1. The maximum atomic E-state index is 12.5. The zero-order valence-electron chi connectivity index (χ0n) is 21.8. The summed E-state index contributed by atoms with van der Waals surface area (Å²) < 4.78 is 12.5. The van der Waals surface area contributed by atoms with E-state index >= 15 is 0 Å². The Balaban J connectivity index is 1.70. The lowest BCUT2D eigenvalue weighted by Gasteiger charge is -2.28. The van der Waals surface area contributed by atoms with Gasteiger partial charge in [0.15, 0.2) is 6.10 Å². The second-order valence-electron chi connectivity index (χ2n) is 10.3. The van der Waals surface area contributed by atoms with Crippen molar-refractivity contribution in [1.82, 2.24) is 9.97 Å². The average Bonchev–Trinajstić information content (AvgIpc) is 3.31. The third kappa shape index (κ3) is 5.54. The molecule has 1 N–H and O–H groups in total. The molecule has 1 aliphatic rings. The molecule has 0 bridgehead atoms. The second-order valence-corrected chi connectivity index (χ2v) is 11.7. The monoisotopic (exact) mass is 551 g/mol. The molecule has 5 rings (SSSR count). The van der Waals surface area contributed by atoms with E-state index in [2.05, 4.69) is 16.0 Å². The third-order valence-electron chi connectivity index (χ3n) is 6.35. The molecule has 1 saturated heterocycles. The maximum Gasteiger partial charge on any atom is 0.337 e. The first-order valence-electron chi connectivity index (χ1n) is 12.5. The van der Waals surface area contributed by atoms with E-state index in [1.54, 1.807) is 6.20 Å². The van der Waals surface area contributed by atoms with E-state index in [1.807, 2.05) is 64.1 Å². The summed E-state index contributed by atoms with van der Waals surface area (Å²) in [4.78, 5) is 24.3. The van der Waals surface area contributed by atoms with E-state index in [4.69, 9.17) is 26.1 Å². The number of halogens is 1. The lowest BCUT2D eigenvalue weighted by Crippen LogP contribution is -2.36. The van der Waals surface area contributed by atoms with Crippen LogP contribution in [-0.2, 0) is 14.3 Å². The number of hydrogen-bond donors (Lipinski definition) is 1. The summed E-state index contributed by atoms with van der Waals surface area (Å²) in [6.07, 6.45) is 0.658. The molecule has 1 aliphatic heterocycles. The summed E-state index contributed by atoms with van der Waals surface area (Å²) in [6.45, 7) is 10.4. The molecule has 4 aromatic rings. The van der Waals surface area contributed by atoms with Crippen molar-refractivity contribution in [3.05, 3.63) is 64.8 Å². The minimum atomic E-state index is -1.15. The minimum absolute atomic E-state index is 0.609. The van der Waals surface area contributed by atoms with Crippen molar-refractivity contribution in [2.45, 2.75) is 39.4 Å². The molecule has 9 heteroatoms. The maximum absolute atomic E-state index is 12.5. The molecule has 1 fully saturated rings. The van der Waals surface area contributed by atoms with Crippen LogP contribution in [0.4, 0.5) is 5.82 Å². The van der Waals surface area contributed by atoms with Gasteiger partial charge in [-0.2, -0.15) is 0 Å². The van der Waals surface area contributed by atoms with Crippen LogP contribution in [0, 0.1) is 6.92 Å². The standard InChI is InChI=1S/C29H30ClN3O4S/c1-17-15-21-26(38-27(32-21)19-9-10-31-22(16-19)33-11-13-36-14-12-33)24(18-5-7-20(30)8-6-18)23(17)25(28(34)35)37-29(2,3)4/h5-10,15-16,25H,11-14H2,1-4H3,(H,34,35). The van der Waals surface area contributed by atoms with Crippen molar-refractivity contribution in [1.29, 1.82) is 0 Å². The molecule has 1 unspecified atom stereocenters. The van der Waals surface area contributed by atoms with Gasteiger partial charge in [0, 0.05) is 41.0 Å². The van der Waals surface area contributed by atoms with Crippen molar-refractivity contribution in [3.63, 3.8) is 0 Å². The molecule has 0 amide bonds. The average molecular weight is 552 g/mol. The number of aryl methyl sites for hydroxylation is 1. The molecule has 0 spiro atoms. The van der Waals surface area contributed by atoms with Crippen LogP contribution >= 0.6 is 22.9 Å². The smallest absolute Gasteiger partial charge is 0.337 e. The number of thiazole rings is 1. The lowest BCUT2D eigenvalue weighted by atomic mass is 9.91. The van der Waals surface area contributed by atoms with Crippen LogP contribution in [0.2, 0.25) is 5.02 Å². The molecule has 0 radical (unpaired) electrons. The minimum Gasteiger partial charge on any atom is -0.479 e. The fourth-order valence-electron chi connectivity index (χ4n) is 4.68. The lowest BCUT2D eigenvalue weighted by molar-refractivity contribution is -0.160. The van der Waals surface area contributed by atoms with Gasteiger partial charge in [-0.1, -0.05) is 23.7 Å². The van der Waals surface area contributed by atoms with Gasteiger partial charge < -0.3 is 19.5 Å². The highest BCUT2D eigenvalue weighted by Crippen LogP contribution is 2.44. The number of nitrogens with zero attached hydrogens (tertiary/aromatic N) is 3. The largest absolute Gasteiger partial charge is 0.479 e. The zero-order chi connectivity index (χ0) is 27.0. The number of carbonyl (C=O) groups is 1. The highest BCUT2D eigenvalue weighted by atomic mass is 35.5. The fourth-order valence-corrected chi connectivity index (χ4v) is 5.93. The van der Waals surface area contributed by atoms with Crippen molar-refractivity contribution in [2.75, 3.05) is 31.2 Å². The topological polar surface area (TPSA) is 84.8 Å². The van der Waals surface area contributed by atoms with Crippen molar-refractivity contribution >= 4 is 44.9 Å². The summed E-state index contributed by atoms with van der Waals surface area (Å²) in [5.74, 6) is -0.143. The van der Waals surface area contributed by atoms with Crippen LogP contribution in [0.3, 0.4) is 0 Å². The molecule has 1 atom stereocenters. The van der Waals surface area contributed by atoms with Gasteiger partial charge in [0.1, 0.15) is 10.8 Å². The van der Waals surface area contributed by atoms with Crippen LogP contribution < -0.4 is 4.90 Å². The Kier molecular flexibility index (Phi) is 7.42. The number of benzene rings is 2. The summed E-state index contributed by atoms with van der Waals surface area (Å²) in [5, 5.41) is 11.7. The Hall–Kier alpha value is -3.04. The highest BCUT2D eigenvalue weighted by Gasteiger charge is 2.32. The third-order valence-corrected chi connectivity index (χ3v) is 7.74. The Labute approximate surface area is 231 Å². The van der Waals surface area contributed by atoms with Crippen LogP contribution in [0.5, 0.6) is 0 Å². The molecule has 0 aliphatic carbocycles. The molecule has 3 heterocycles. The van der Waals surface area contributed by atoms with Gasteiger partial charge >= 0.3 is 5.97 Å². The van der Waals surface area contributed by atoms with E-state index in [1.165, 1.54) is 11.3 Å². The van der Waals surface area contributed by atoms with E-state index in [-0.39, 0.29) is 0 Å². The van der Waals surface area contributed by atoms with Gasteiger partial charge in [-0.25, -0.2) is 14.8 Å². The molecule has 2 aromatic carbocycles.